The molecule has 0 aliphatic heterocycles. The van der Waals surface area contributed by atoms with Gasteiger partial charge in [0.05, 0.1) is 0 Å². The molecule has 0 unspecified atom stereocenters. The minimum absolute atomic E-state index is 0. The molecular formula is CH2CsNO2. The van der Waals surface area contributed by atoms with Crippen LogP contribution in [0.4, 0.5) is 4.79 Å². The average Bonchev–Trinajstić information content (AvgIpc) is 0.811. The van der Waals surface area contributed by atoms with Gasteiger partial charge in [-0.2, -0.15) is 0 Å². The number of hydrogen-bond acceptors (Lipinski definition) is 1. The maximum Gasteiger partial charge on any atom is 1.00 e. The van der Waals surface area contributed by atoms with E-state index in [4.69, 9.17) is 15.6 Å². The fourth-order valence-electron chi connectivity index (χ4n) is 0. The third-order valence-corrected chi connectivity index (χ3v) is 0. The van der Waals surface area contributed by atoms with Gasteiger partial charge in [-0.15, -0.1) is 0 Å². The van der Waals surface area contributed by atoms with Crippen molar-refractivity contribution < 1.29 is 78.8 Å². The van der Waals surface area contributed by atoms with Crippen molar-refractivity contribution in [2.24, 2.45) is 0 Å². The number of hydrogen-bond donors (Lipinski definition) is 1. The standard InChI is InChI=1S/CH2NO2.Cs/c2-1(3)4;/h2H,(H,3,4);/q-1;+1. The molecule has 24 valence electrons. The van der Waals surface area contributed by atoms with Gasteiger partial charge in [-0.25, -0.2) is 0 Å². The molecule has 0 aliphatic rings. The Morgan fingerprint density at radius 2 is 1.80 bits per heavy atom. The van der Waals surface area contributed by atoms with Crippen molar-refractivity contribution in [3.63, 3.8) is 0 Å². The Balaban J connectivity index is 0. The van der Waals surface area contributed by atoms with Crippen LogP contribution in [0, 0.1) is 0 Å². The SMILES string of the molecule is [Cs+].[NH-]C(=O)O. The van der Waals surface area contributed by atoms with Crippen molar-refractivity contribution >= 4 is 6.09 Å². The molecule has 0 aromatic rings. The van der Waals surface area contributed by atoms with Gasteiger partial charge < -0.3 is 10.8 Å². The molecule has 0 rings (SSSR count). The molecule has 0 aliphatic carbocycles. The molecule has 3 nitrogen and oxygen atoms in total. The number of carbonyl (C=O) groups is 1. The van der Waals surface area contributed by atoms with E-state index < -0.39 is 6.09 Å². The first-order valence-electron chi connectivity index (χ1n) is 0.678. The first-order valence-corrected chi connectivity index (χ1v) is 0.678. The molecule has 0 fully saturated rings. The van der Waals surface area contributed by atoms with E-state index in [1.54, 1.807) is 0 Å². The van der Waals surface area contributed by atoms with Gasteiger partial charge in [-0.1, -0.05) is 0 Å². The Morgan fingerprint density at radius 1 is 1.80 bits per heavy atom. The summed E-state index contributed by atoms with van der Waals surface area (Å²) < 4.78 is 0. The fraction of sp³-hybridized carbons (Fsp3) is 0. The molecule has 4 heteroatoms. The summed E-state index contributed by atoms with van der Waals surface area (Å²) in [7, 11) is 0. The van der Waals surface area contributed by atoms with Crippen molar-refractivity contribution in [2.45, 2.75) is 0 Å². The van der Waals surface area contributed by atoms with Gasteiger partial charge in [-0.3, -0.25) is 4.79 Å². The number of carboxylic acid groups (broad SMARTS) is 1. The zero-order valence-corrected chi connectivity index (χ0v) is 9.14. The number of amides is 1. The molecule has 0 spiro atoms. The van der Waals surface area contributed by atoms with Crippen molar-refractivity contribution in [1.82, 2.24) is 0 Å². The van der Waals surface area contributed by atoms with E-state index >= 15 is 0 Å². The molecule has 0 bridgehead atoms. The Morgan fingerprint density at radius 3 is 1.80 bits per heavy atom. The molecule has 0 saturated carbocycles. The van der Waals surface area contributed by atoms with Crippen LogP contribution in [0.25, 0.3) is 5.73 Å². The van der Waals surface area contributed by atoms with Crippen LogP contribution in [0.15, 0.2) is 0 Å². The molecule has 5 heavy (non-hydrogen) atoms. The molecule has 2 N–H and O–H groups in total. The second-order valence-corrected chi connectivity index (χ2v) is 0.305. The molecule has 0 heterocycles. The average molecular weight is 193 g/mol. The number of nitrogens with one attached hydrogen (secondary N) is 1. The monoisotopic (exact) mass is 193 g/mol. The van der Waals surface area contributed by atoms with Crippen LogP contribution in [-0.4, -0.2) is 11.2 Å². The molecule has 0 radical (unpaired) electrons. The number of rotatable bonds is 0. The first-order chi connectivity index (χ1) is 1.73. The largest absolute Gasteiger partial charge is 1.00 e. The predicted octanol–water partition coefficient (Wildman–Crippen LogP) is -2.28. The second-order valence-electron chi connectivity index (χ2n) is 0.305. The minimum atomic E-state index is -1.58. The van der Waals surface area contributed by atoms with E-state index in [2.05, 4.69) is 0 Å². The molecule has 0 aromatic carbocycles. The molecule has 0 saturated heterocycles. The Kier molecular flexibility index (Phi) is 10.2. The topological polar surface area (TPSA) is 61.1 Å². The van der Waals surface area contributed by atoms with Gasteiger partial charge in [0.25, 0.3) is 0 Å². The summed E-state index contributed by atoms with van der Waals surface area (Å²) in [6, 6.07) is 0. The summed E-state index contributed by atoms with van der Waals surface area (Å²) in [5.74, 6) is 0. The fourth-order valence-corrected chi connectivity index (χ4v) is 0. The Hall–Kier alpha value is 1.32. The van der Waals surface area contributed by atoms with Crippen LogP contribution in [0.2, 0.25) is 0 Å². The van der Waals surface area contributed by atoms with E-state index in [0.717, 1.165) is 0 Å². The normalized spacial score (nSPS) is 4.80. The van der Waals surface area contributed by atoms with Crippen LogP contribution >= 0.6 is 0 Å². The van der Waals surface area contributed by atoms with Crippen LogP contribution in [0.3, 0.4) is 0 Å². The Labute approximate surface area is 88.3 Å². The maximum atomic E-state index is 8.67. The molecule has 0 atom stereocenters. The molecule has 0 aromatic heterocycles. The van der Waals surface area contributed by atoms with Gasteiger partial charge >= 0.3 is 68.9 Å². The molecule has 1 amide bonds. The Bertz CT molecular complexity index is 32.6. The van der Waals surface area contributed by atoms with Crippen molar-refractivity contribution in [1.29, 1.82) is 0 Å². The molecular weight excluding hydrogens is 191 g/mol. The summed E-state index contributed by atoms with van der Waals surface area (Å²) >= 11 is 0. The summed E-state index contributed by atoms with van der Waals surface area (Å²) in [4.78, 5) is 8.67. The summed E-state index contributed by atoms with van der Waals surface area (Å²) in [6.07, 6.45) is -1.58. The van der Waals surface area contributed by atoms with Crippen LogP contribution in [-0.2, 0) is 0 Å². The van der Waals surface area contributed by atoms with Crippen LogP contribution < -0.4 is 68.9 Å². The quantitative estimate of drug-likeness (QED) is 0.471. The van der Waals surface area contributed by atoms with Gasteiger partial charge in [0, 0.05) is 0 Å². The van der Waals surface area contributed by atoms with Gasteiger partial charge in [0.2, 0.25) is 6.09 Å². The van der Waals surface area contributed by atoms with Crippen molar-refractivity contribution in [2.75, 3.05) is 0 Å². The summed E-state index contributed by atoms with van der Waals surface area (Å²) in [6.45, 7) is 0. The smallest absolute Gasteiger partial charge is 0.632 e. The minimum Gasteiger partial charge on any atom is -0.632 e. The van der Waals surface area contributed by atoms with E-state index in [0.29, 0.717) is 0 Å². The first kappa shape index (κ1) is 9.59. The predicted molar refractivity (Wildman–Crippen MR) is 12.3 cm³/mol. The van der Waals surface area contributed by atoms with E-state index in [9.17, 15) is 0 Å². The maximum absolute atomic E-state index is 8.67. The van der Waals surface area contributed by atoms with Crippen LogP contribution in [0.1, 0.15) is 0 Å². The van der Waals surface area contributed by atoms with E-state index in [-0.39, 0.29) is 68.9 Å². The van der Waals surface area contributed by atoms with Crippen molar-refractivity contribution in [3.8, 4) is 0 Å². The van der Waals surface area contributed by atoms with Gasteiger partial charge in [-0.05, 0) is 0 Å². The van der Waals surface area contributed by atoms with E-state index in [1.165, 1.54) is 0 Å². The van der Waals surface area contributed by atoms with Crippen LogP contribution in [0.5, 0.6) is 0 Å². The van der Waals surface area contributed by atoms with E-state index in [1.807, 2.05) is 0 Å². The van der Waals surface area contributed by atoms with Gasteiger partial charge in [0.1, 0.15) is 0 Å². The van der Waals surface area contributed by atoms with Gasteiger partial charge in [0.15, 0.2) is 0 Å². The third-order valence-electron chi connectivity index (χ3n) is 0. The summed E-state index contributed by atoms with van der Waals surface area (Å²) in [5, 5.41) is 7.08. The second kappa shape index (κ2) is 5.32. The third kappa shape index (κ3) is 33.6. The zero-order chi connectivity index (χ0) is 3.58. The zero-order valence-electron chi connectivity index (χ0n) is 2.86. The van der Waals surface area contributed by atoms with Crippen molar-refractivity contribution in [3.05, 3.63) is 5.73 Å². The summed E-state index contributed by atoms with van der Waals surface area (Å²) in [5.41, 5.74) is 5.50.